The molecule has 0 heterocycles. The van der Waals surface area contributed by atoms with Crippen LogP contribution in [0.25, 0.3) is 0 Å². The number of hydrogen-bond acceptors (Lipinski definition) is 1. The minimum Gasteiger partial charge on any atom is -0.310 e. The molecule has 0 spiro atoms. The molecule has 1 rings (SSSR count). The average Bonchev–Trinajstić information content (AvgIpc) is 2.41. The van der Waals surface area contributed by atoms with Crippen molar-refractivity contribution >= 4 is 0 Å². The lowest BCUT2D eigenvalue weighted by Crippen LogP contribution is -2.28. The average molecular weight is 265 g/mol. The summed E-state index contributed by atoms with van der Waals surface area (Å²) in [5, 5.41) is 3.58. The summed E-state index contributed by atoms with van der Waals surface area (Å²) in [6.07, 6.45) is 4.90. The van der Waals surface area contributed by atoms with E-state index < -0.39 is 0 Å². The Morgan fingerprint density at radius 2 is 1.95 bits per heavy atom. The molecule has 108 valence electrons. The van der Waals surface area contributed by atoms with E-state index in [1.165, 1.54) is 24.8 Å². The number of aryl methyl sites for hydroxylation is 1. The largest absolute Gasteiger partial charge is 0.310 e. The van der Waals surface area contributed by atoms with Crippen molar-refractivity contribution in [2.24, 2.45) is 5.92 Å². The van der Waals surface area contributed by atoms with E-state index in [4.69, 9.17) is 0 Å². The van der Waals surface area contributed by atoms with Crippen LogP contribution in [0.15, 0.2) is 18.2 Å². The third-order valence-corrected chi connectivity index (χ3v) is 3.89. The maximum Gasteiger partial charge on any atom is 0.126 e. The quantitative estimate of drug-likeness (QED) is 0.697. The second-order valence-corrected chi connectivity index (χ2v) is 5.35. The predicted molar refractivity (Wildman–Crippen MR) is 80.9 cm³/mol. The van der Waals surface area contributed by atoms with Gasteiger partial charge in [0.2, 0.25) is 0 Å². The smallest absolute Gasteiger partial charge is 0.126 e. The van der Waals surface area contributed by atoms with Crippen molar-refractivity contribution in [2.75, 3.05) is 6.54 Å². The predicted octanol–water partition coefficient (Wildman–Crippen LogP) is 5.00. The maximum atomic E-state index is 13.4. The monoisotopic (exact) mass is 265 g/mol. The van der Waals surface area contributed by atoms with Gasteiger partial charge in [0.25, 0.3) is 0 Å². The molecule has 1 aromatic carbocycles. The van der Waals surface area contributed by atoms with E-state index in [1.54, 1.807) is 6.07 Å². The van der Waals surface area contributed by atoms with Gasteiger partial charge >= 0.3 is 0 Å². The first-order valence-electron chi connectivity index (χ1n) is 7.63. The van der Waals surface area contributed by atoms with Gasteiger partial charge in [-0.2, -0.15) is 0 Å². The highest BCUT2D eigenvalue weighted by Gasteiger charge is 2.21. The highest BCUT2D eigenvalue weighted by atomic mass is 19.1. The molecule has 0 bridgehead atoms. The Kier molecular flexibility index (Phi) is 7.07. The van der Waals surface area contributed by atoms with Crippen LogP contribution < -0.4 is 5.32 Å². The number of rotatable bonds is 8. The standard InChI is InChI=1S/C17H28FN/c1-5-8-9-14(6-2)17(19-7-3)15-10-11-16(18)13(4)12-15/h10-12,14,17,19H,5-9H2,1-4H3. The normalized spacial score (nSPS) is 14.4. The molecule has 2 heteroatoms. The first kappa shape index (κ1) is 16.2. The zero-order chi connectivity index (χ0) is 14.3. The van der Waals surface area contributed by atoms with Gasteiger partial charge in [-0.1, -0.05) is 52.2 Å². The van der Waals surface area contributed by atoms with E-state index in [0.717, 1.165) is 18.5 Å². The van der Waals surface area contributed by atoms with Crippen molar-refractivity contribution in [3.63, 3.8) is 0 Å². The van der Waals surface area contributed by atoms with Crippen LogP contribution in [-0.4, -0.2) is 6.54 Å². The molecule has 0 aliphatic heterocycles. The Bertz CT molecular complexity index is 376. The van der Waals surface area contributed by atoms with E-state index >= 15 is 0 Å². The van der Waals surface area contributed by atoms with Gasteiger partial charge in [0, 0.05) is 6.04 Å². The fourth-order valence-corrected chi connectivity index (χ4v) is 2.71. The third kappa shape index (κ3) is 4.61. The molecular formula is C17H28FN. The number of benzene rings is 1. The van der Waals surface area contributed by atoms with Crippen LogP contribution in [0.5, 0.6) is 0 Å². The van der Waals surface area contributed by atoms with Crippen molar-refractivity contribution in [3.05, 3.63) is 35.1 Å². The Hall–Kier alpha value is -0.890. The first-order chi connectivity index (χ1) is 9.13. The summed E-state index contributed by atoms with van der Waals surface area (Å²) in [5.74, 6) is 0.519. The zero-order valence-electron chi connectivity index (χ0n) is 12.8. The summed E-state index contributed by atoms with van der Waals surface area (Å²) < 4.78 is 13.4. The van der Waals surface area contributed by atoms with Gasteiger partial charge in [0.05, 0.1) is 0 Å². The van der Waals surface area contributed by atoms with Crippen molar-refractivity contribution in [2.45, 2.75) is 59.4 Å². The van der Waals surface area contributed by atoms with Crippen LogP contribution in [0, 0.1) is 18.7 Å². The molecule has 0 amide bonds. The van der Waals surface area contributed by atoms with Crippen LogP contribution in [0.1, 0.15) is 63.6 Å². The van der Waals surface area contributed by atoms with Crippen molar-refractivity contribution in [1.29, 1.82) is 0 Å². The summed E-state index contributed by atoms with van der Waals surface area (Å²) in [5.41, 5.74) is 1.97. The summed E-state index contributed by atoms with van der Waals surface area (Å²) in [6, 6.07) is 5.88. The van der Waals surface area contributed by atoms with Crippen LogP contribution in [0.2, 0.25) is 0 Å². The summed E-state index contributed by atoms with van der Waals surface area (Å²) in [4.78, 5) is 0. The Labute approximate surface area is 117 Å². The lowest BCUT2D eigenvalue weighted by Gasteiger charge is -2.28. The lowest BCUT2D eigenvalue weighted by molar-refractivity contribution is 0.327. The second-order valence-electron chi connectivity index (χ2n) is 5.35. The fraction of sp³-hybridized carbons (Fsp3) is 0.647. The van der Waals surface area contributed by atoms with Crippen LogP contribution in [0.4, 0.5) is 4.39 Å². The molecule has 0 saturated heterocycles. The number of unbranched alkanes of at least 4 members (excludes halogenated alkanes) is 1. The Morgan fingerprint density at radius 1 is 1.21 bits per heavy atom. The Balaban J connectivity index is 2.93. The summed E-state index contributed by atoms with van der Waals surface area (Å²) >= 11 is 0. The number of hydrogen-bond donors (Lipinski definition) is 1. The molecular weight excluding hydrogens is 237 g/mol. The molecule has 1 nitrogen and oxygen atoms in total. The van der Waals surface area contributed by atoms with Gasteiger partial charge in [-0.25, -0.2) is 4.39 Å². The second kappa shape index (κ2) is 8.31. The SMILES string of the molecule is CCCCC(CC)C(NCC)c1ccc(F)c(C)c1. The molecule has 2 unspecified atom stereocenters. The van der Waals surface area contributed by atoms with E-state index in [9.17, 15) is 4.39 Å². The van der Waals surface area contributed by atoms with Crippen LogP contribution in [0.3, 0.4) is 0 Å². The van der Waals surface area contributed by atoms with Gasteiger partial charge in [0.1, 0.15) is 5.82 Å². The molecule has 0 radical (unpaired) electrons. The van der Waals surface area contributed by atoms with E-state index in [0.29, 0.717) is 12.0 Å². The van der Waals surface area contributed by atoms with Crippen LogP contribution >= 0.6 is 0 Å². The third-order valence-electron chi connectivity index (χ3n) is 3.89. The highest BCUT2D eigenvalue weighted by molar-refractivity contribution is 5.27. The van der Waals surface area contributed by atoms with Crippen molar-refractivity contribution in [3.8, 4) is 0 Å². The van der Waals surface area contributed by atoms with Gasteiger partial charge in [-0.15, -0.1) is 0 Å². The summed E-state index contributed by atoms with van der Waals surface area (Å²) in [6.45, 7) is 9.41. The number of halogens is 1. The molecule has 2 atom stereocenters. The topological polar surface area (TPSA) is 12.0 Å². The molecule has 1 aromatic rings. The van der Waals surface area contributed by atoms with Gasteiger partial charge < -0.3 is 5.32 Å². The molecule has 0 aliphatic carbocycles. The molecule has 0 aromatic heterocycles. The zero-order valence-corrected chi connectivity index (χ0v) is 12.8. The maximum absolute atomic E-state index is 13.4. The lowest BCUT2D eigenvalue weighted by atomic mass is 9.86. The molecule has 1 N–H and O–H groups in total. The van der Waals surface area contributed by atoms with Crippen LogP contribution in [-0.2, 0) is 0 Å². The molecule has 0 fully saturated rings. The van der Waals surface area contributed by atoms with E-state index in [1.807, 2.05) is 19.1 Å². The fourth-order valence-electron chi connectivity index (χ4n) is 2.71. The van der Waals surface area contributed by atoms with Crippen molar-refractivity contribution in [1.82, 2.24) is 5.32 Å². The van der Waals surface area contributed by atoms with E-state index in [-0.39, 0.29) is 5.82 Å². The van der Waals surface area contributed by atoms with E-state index in [2.05, 4.69) is 26.1 Å². The van der Waals surface area contributed by atoms with Gasteiger partial charge in [-0.05, 0) is 43.0 Å². The summed E-state index contributed by atoms with van der Waals surface area (Å²) in [7, 11) is 0. The molecule has 0 saturated carbocycles. The highest BCUT2D eigenvalue weighted by Crippen LogP contribution is 2.30. The number of nitrogens with one attached hydrogen (secondary N) is 1. The van der Waals surface area contributed by atoms with Gasteiger partial charge in [0.15, 0.2) is 0 Å². The molecule has 19 heavy (non-hydrogen) atoms. The first-order valence-corrected chi connectivity index (χ1v) is 7.63. The Morgan fingerprint density at radius 3 is 2.47 bits per heavy atom. The van der Waals surface area contributed by atoms with Gasteiger partial charge in [-0.3, -0.25) is 0 Å². The molecule has 0 aliphatic rings. The minimum atomic E-state index is -0.111. The van der Waals surface area contributed by atoms with Crippen molar-refractivity contribution < 1.29 is 4.39 Å². The minimum absolute atomic E-state index is 0.111.